The summed E-state index contributed by atoms with van der Waals surface area (Å²) in [6.45, 7) is 3.02. The first-order valence-electron chi connectivity index (χ1n) is 4.09. The van der Waals surface area contributed by atoms with Crippen LogP contribution in [0.25, 0.3) is 0 Å². The van der Waals surface area contributed by atoms with Crippen LogP contribution in [0.3, 0.4) is 0 Å². The van der Waals surface area contributed by atoms with Crippen molar-refractivity contribution in [2.45, 2.75) is 12.2 Å². The van der Waals surface area contributed by atoms with Gasteiger partial charge < -0.3 is 0 Å². The molecule has 62 valence electrons. The van der Waals surface area contributed by atoms with Crippen molar-refractivity contribution in [1.82, 2.24) is 0 Å². The zero-order valence-electron chi connectivity index (χ0n) is 7.03. The van der Waals surface area contributed by atoms with Crippen molar-refractivity contribution in [2.24, 2.45) is 4.99 Å². The summed E-state index contributed by atoms with van der Waals surface area (Å²) in [4.78, 5) is 4.37. The van der Waals surface area contributed by atoms with Crippen molar-refractivity contribution in [2.75, 3.05) is 6.54 Å². The first kappa shape index (κ1) is 7.87. The van der Waals surface area contributed by atoms with Gasteiger partial charge in [0.25, 0.3) is 0 Å². The molecule has 0 aliphatic carbocycles. The number of nitrogens with zero attached hydrogens (tertiary/aromatic N) is 1. The molecule has 0 bridgehead atoms. The molecule has 0 aromatic heterocycles. The second kappa shape index (κ2) is 3.31. The molecule has 0 spiro atoms. The Morgan fingerprint density at radius 3 is 2.67 bits per heavy atom. The van der Waals surface area contributed by atoms with Crippen molar-refractivity contribution >= 4 is 16.8 Å². The van der Waals surface area contributed by atoms with E-state index in [0.29, 0.717) is 5.25 Å². The molecule has 1 atom stereocenters. The van der Waals surface area contributed by atoms with Crippen LogP contribution in [-0.2, 0) is 0 Å². The predicted molar refractivity (Wildman–Crippen MR) is 54.8 cm³/mol. The van der Waals surface area contributed by atoms with Gasteiger partial charge >= 0.3 is 0 Å². The summed E-state index contributed by atoms with van der Waals surface area (Å²) in [5, 5.41) is 1.77. The summed E-state index contributed by atoms with van der Waals surface area (Å²) in [6.07, 6.45) is 0. The fourth-order valence-electron chi connectivity index (χ4n) is 1.33. The Hall–Kier alpha value is -0.760. The highest BCUT2D eigenvalue weighted by atomic mass is 32.2. The molecule has 0 amide bonds. The lowest BCUT2D eigenvalue weighted by Gasteiger charge is -2.06. The molecular weight excluding hydrogens is 166 g/mol. The van der Waals surface area contributed by atoms with Gasteiger partial charge in [-0.2, -0.15) is 0 Å². The fraction of sp³-hybridized carbons (Fsp3) is 0.300. The summed E-state index contributed by atoms with van der Waals surface area (Å²) >= 11 is 1.87. The van der Waals surface area contributed by atoms with Gasteiger partial charge in [0, 0.05) is 0 Å². The van der Waals surface area contributed by atoms with Crippen LogP contribution in [0.15, 0.2) is 35.3 Å². The Balaban J connectivity index is 2.14. The van der Waals surface area contributed by atoms with Gasteiger partial charge in [-0.15, -0.1) is 11.8 Å². The third-order valence-electron chi connectivity index (χ3n) is 1.96. The van der Waals surface area contributed by atoms with Gasteiger partial charge in [0.05, 0.1) is 16.8 Å². The predicted octanol–water partition coefficient (Wildman–Crippen LogP) is 2.89. The van der Waals surface area contributed by atoms with Crippen molar-refractivity contribution in [3.8, 4) is 0 Å². The van der Waals surface area contributed by atoms with E-state index in [1.165, 1.54) is 10.6 Å². The van der Waals surface area contributed by atoms with Gasteiger partial charge in [0.2, 0.25) is 0 Å². The maximum atomic E-state index is 4.37. The number of thioether (sulfide) groups is 1. The minimum atomic E-state index is 0.561. The van der Waals surface area contributed by atoms with Crippen molar-refractivity contribution in [1.29, 1.82) is 0 Å². The molecule has 12 heavy (non-hydrogen) atoms. The Morgan fingerprint density at radius 2 is 2.08 bits per heavy atom. The quantitative estimate of drug-likeness (QED) is 0.642. The first-order valence-corrected chi connectivity index (χ1v) is 4.97. The van der Waals surface area contributed by atoms with E-state index in [-0.39, 0.29) is 0 Å². The van der Waals surface area contributed by atoms with E-state index in [9.17, 15) is 0 Å². The van der Waals surface area contributed by atoms with Crippen LogP contribution in [0, 0.1) is 0 Å². The molecule has 0 fully saturated rings. The molecule has 1 nitrogen and oxygen atoms in total. The smallest absolute Gasteiger partial charge is 0.0652 e. The zero-order valence-corrected chi connectivity index (χ0v) is 7.84. The van der Waals surface area contributed by atoms with Crippen LogP contribution in [0.2, 0.25) is 0 Å². The molecule has 1 unspecified atom stereocenters. The lowest BCUT2D eigenvalue weighted by Crippen LogP contribution is -1.92. The minimum Gasteiger partial charge on any atom is -0.282 e. The maximum Gasteiger partial charge on any atom is 0.0652 e. The van der Waals surface area contributed by atoms with Gasteiger partial charge in [0.15, 0.2) is 0 Å². The van der Waals surface area contributed by atoms with E-state index in [1.54, 1.807) is 0 Å². The molecule has 2 heteroatoms. The molecule has 1 aliphatic heterocycles. The third kappa shape index (κ3) is 1.53. The number of rotatable bonds is 1. The van der Waals surface area contributed by atoms with Crippen molar-refractivity contribution < 1.29 is 0 Å². The Bertz CT molecular complexity index is 292. The van der Waals surface area contributed by atoms with E-state index in [4.69, 9.17) is 0 Å². The lowest BCUT2D eigenvalue weighted by molar-refractivity contribution is 0.966. The third-order valence-corrected chi connectivity index (χ3v) is 3.14. The maximum absolute atomic E-state index is 4.37. The standard InChI is InChI=1S/C10H11NS/c1-8-11-7-10(12-8)9-5-3-2-4-6-9/h2-6,10H,7H2,1H3. The summed E-state index contributed by atoms with van der Waals surface area (Å²) in [5.41, 5.74) is 1.39. The number of benzene rings is 1. The average Bonchev–Trinajstić information content (AvgIpc) is 2.54. The van der Waals surface area contributed by atoms with E-state index in [0.717, 1.165) is 6.54 Å². The van der Waals surface area contributed by atoms with Crippen LogP contribution >= 0.6 is 11.8 Å². The van der Waals surface area contributed by atoms with E-state index in [1.807, 2.05) is 11.8 Å². The summed E-state index contributed by atoms with van der Waals surface area (Å²) in [5.74, 6) is 0. The van der Waals surface area contributed by atoms with Gasteiger partial charge in [-0.1, -0.05) is 30.3 Å². The molecule has 0 radical (unpaired) electrons. The Morgan fingerprint density at radius 1 is 1.33 bits per heavy atom. The molecular formula is C10H11NS. The highest BCUT2D eigenvalue weighted by molar-refractivity contribution is 8.14. The van der Waals surface area contributed by atoms with Gasteiger partial charge in [0.1, 0.15) is 0 Å². The topological polar surface area (TPSA) is 12.4 Å². The van der Waals surface area contributed by atoms with Crippen LogP contribution in [0.5, 0.6) is 0 Å². The Kier molecular flexibility index (Phi) is 2.17. The number of hydrogen-bond donors (Lipinski definition) is 0. The van der Waals surface area contributed by atoms with Crippen LogP contribution in [0.1, 0.15) is 17.7 Å². The van der Waals surface area contributed by atoms with E-state index in [2.05, 4.69) is 42.2 Å². The van der Waals surface area contributed by atoms with Crippen LogP contribution < -0.4 is 0 Å². The van der Waals surface area contributed by atoms with E-state index >= 15 is 0 Å². The molecule has 1 heterocycles. The minimum absolute atomic E-state index is 0.561. The van der Waals surface area contributed by atoms with Crippen molar-refractivity contribution in [3.63, 3.8) is 0 Å². The van der Waals surface area contributed by atoms with Crippen LogP contribution in [0.4, 0.5) is 0 Å². The fourth-order valence-corrected chi connectivity index (χ4v) is 2.34. The molecule has 1 aromatic rings. The zero-order chi connectivity index (χ0) is 8.39. The second-order valence-corrected chi connectivity index (χ2v) is 4.27. The molecule has 0 saturated heterocycles. The summed E-state index contributed by atoms with van der Waals surface area (Å²) in [6, 6.07) is 10.6. The van der Waals surface area contributed by atoms with Gasteiger partial charge in [-0.05, 0) is 12.5 Å². The average molecular weight is 177 g/mol. The highest BCUT2D eigenvalue weighted by Crippen LogP contribution is 2.34. The summed E-state index contributed by atoms with van der Waals surface area (Å²) in [7, 11) is 0. The van der Waals surface area contributed by atoms with Crippen LogP contribution in [-0.4, -0.2) is 11.6 Å². The summed E-state index contributed by atoms with van der Waals surface area (Å²) < 4.78 is 0. The second-order valence-electron chi connectivity index (χ2n) is 2.88. The molecule has 1 aliphatic rings. The molecule has 0 saturated carbocycles. The Labute approximate surface area is 76.9 Å². The molecule has 2 rings (SSSR count). The van der Waals surface area contributed by atoms with Crippen molar-refractivity contribution in [3.05, 3.63) is 35.9 Å². The van der Waals surface area contributed by atoms with Gasteiger partial charge in [-0.25, -0.2) is 0 Å². The first-order chi connectivity index (χ1) is 5.86. The monoisotopic (exact) mass is 177 g/mol. The largest absolute Gasteiger partial charge is 0.282 e. The molecule has 0 N–H and O–H groups in total. The molecule has 1 aromatic carbocycles. The van der Waals surface area contributed by atoms with Gasteiger partial charge in [-0.3, -0.25) is 4.99 Å². The lowest BCUT2D eigenvalue weighted by atomic mass is 10.1. The SMILES string of the molecule is CC1=NCC(c2ccccc2)S1. The normalized spacial score (nSPS) is 22.4. The highest BCUT2D eigenvalue weighted by Gasteiger charge is 2.17. The van der Waals surface area contributed by atoms with E-state index < -0.39 is 0 Å². The number of aliphatic imine (C=N–C) groups is 1. The number of hydrogen-bond acceptors (Lipinski definition) is 2.